The van der Waals surface area contributed by atoms with Gasteiger partial charge < -0.3 is 15.2 Å². The number of hydrogen-bond acceptors (Lipinski definition) is 4. The highest BCUT2D eigenvalue weighted by Crippen LogP contribution is 2.44. The minimum Gasteiger partial charge on any atom is -0.479 e. The fourth-order valence-corrected chi connectivity index (χ4v) is 3.79. The summed E-state index contributed by atoms with van der Waals surface area (Å²) in [6, 6.07) is 14.3. The molecule has 1 aliphatic heterocycles. The van der Waals surface area contributed by atoms with Gasteiger partial charge >= 0.3 is 12.1 Å². The number of fused-ring (bicyclic) bond motifs is 3. The van der Waals surface area contributed by atoms with E-state index in [9.17, 15) is 19.5 Å². The van der Waals surface area contributed by atoms with Crippen molar-refractivity contribution in [2.24, 2.45) is 0 Å². The van der Waals surface area contributed by atoms with E-state index in [0.29, 0.717) is 0 Å². The smallest absolute Gasteiger partial charge is 0.411 e. The third-order valence-electron chi connectivity index (χ3n) is 5.02. The Balaban J connectivity index is 1.54. The van der Waals surface area contributed by atoms with Crippen LogP contribution >= 0.6 is 0 Å². The minimum atomic E-state index is -1.56. The first-order chi connectivity index (χ1) is 13.1. The average molecular weight is 366 g/mol. The molecule has 7 heteroatoms. The van der Waals surface area contributed by atoms with Crippen LogP contribution in [0, 0.1) is 0 Å². The van der Waals surface area contributed by atoms with Crippen LogP contribution in [0.5, 0.6) is 0 Å². The van der Waals surface area contributed by atoms with Crippen molar-refractivity contribution < 1.29 is 24.2 Å². The topological polar surface area (TPSA) is 95.9 Å². The number of benzene rings is 2. The maximum Gasteiger partial charge on any atom is 0.411 e. The van der Waals surface area contributed by atoms with E-state index < -0.39 is 24.0 Å². The van der Waals surface area contributed by atoms with E-state index in [4.69, 9.17) is 4.74 Å². The van der Waals surface area contributed by atoms with Gasteiger partial charge in [0.25, 0.3) is 5.91 Å². The van der Waals surface area contributed by atoms with Crippen LogP contribution in [0.15, 0.2) is 48.5 Å². The molecule has 1 aliphatic carbocycles. The Morgan fingerprint density at radius 3 is 2.26 bits per heavy atom. The molecule has 1 unspecified atom stereocenters. The minimum absolute atomic E-state index is 0.0807. The van der Waals surface area contributed by atoms with Gasteiger partial charge in [0.15, 0.2) is 0 Å². The maximum absolute atomic E-state index is 12.5. The zero-order valence-electron chi connectivity index (χ0n) is 14.4. The van der Waals surface area contributed by atoms with Gasteiger partial charge in [0.2, 0.25) is 6.04 Å². The molecule has 4 rings (SSSR count). The highest BCUT2D eigenvalue weighted by molar-refractivity contribution is 6.04. The highest BCUT2D eigenvalue weighted by atomic mass is 16.6. The van der Waals surface area contributed by atoms with E-state index in [2.05, 4.69) is 5.32 Å². The van der Waals surface area contributed by atoms with E-state index in [-0.39, 0.29) is 25.6 Å². The second kappa shape index (κ2) is 6.75. The highest BCUT2D eigenvalue weighted by Gasteiger charge is 2.40. The zero-order valence-corrected chi connectivity index (χ0v) is 14.4. The average Bonchev–Trinajstić information content (AvgIpc) is 2.99. The quantitative estimate of drug-likeness (QED) is 0.808. The van der Waals surface area contributed by atoms with Crippen LogP contribution < -0.4 is 5.32 Å². The number of piperazine rings is 1. The maximum atomic E-state index is 12.5. The summed E-state index contributed by atoms with van der Waals surface area (Å²) in [6.07, 6.45) is -0.792. The first-order valence-electron chi connectivity index (χ1n) is 8.70. The predicted octanol–water partition coefficient (Wildman–Crippen LogP) is 1.82. The summed E-state index contributed by atoms with van der Waals surface area (Å²) in [4.78, 5) is 36.6. The van der Waals surface area contributed by atoms with Crippen molar-refractivity contribution in [3.05, 3.63) is 59.7 Å². The first kappa shape index (κ1) is 17.1. The Bertz CT molecular complexity index is 881. The molecular weight excluding hydrogens is 348 g/mol. The summed E-state index contributed by atoms with van der Waals surface area (Å²) >= 11 is 0. The van der Waals surface area contributed by atoms with Crippen molar-refractivity contribution in [1.29, 1.82) is 0 Å². The van der Waals surface area contributed by atoms with Crippen molar-refractivity contribution >= 4 is 18.0 Å². The number of rotatable bonds is 3. The Labute approximate surface area is 155 Å². The number of carbonyl (C=O) groups is 3. The van der Waals surface area contributed by atoms with Gasteiger partial charge in [-0.05, 0) is 22.3 Å². The van der Waals surface area contributed by atoms with E-state index in [1.54, 1.807) is 0 Å². The van der Waals surface area contributed by atoms with Crippen LogP contribution in [0.3, 0.4) is 0 Å². The van der Waals surface area contributed by atoms with E-state index in [0.717, 1.165) is 27.2 Å². The molecule has 0 saturated carbocycles. The summed E-state index contributed by atoms with van der Waals surface area (Å²) in [7, 11) is 0. The summed E-state index contributed by atoms with van der Waals surface area (Å²) in [5.41, 5.74) is 4.35. The molecule has 1 atom stereocenters. The molecule has 1 saturated heterocycles. The lowest BCUT2D eigenvalue weighted by Crippen LogP contribution is -2.60. The molecule has 7 nitrogen and oxygen atoms in total. The Hall–Kier alpha value is -3.35. The largest absolute Gasteiger partial charge is 0.479 e. The standard InChI is InChI=1S/C20H18N2O5/c23-18-17(19(24)25)22(10-9-21-18)20(26)27-11-16-14-7-3-1-5-12(14)13-6-2-4-8-15(13)16/h1-8,16-17H,9-11H2,(H,21,23)(H,24,25). The van der Waals surface area contributed by atoms with E-state index in [1.165, 1.54) is 0 Å². The molecule has 0 spiro atoms. The number of carboxylic acids is 1. The number of nitrogens with one attached hydrogen (secondary N) is 1. The van der Waals surface area contributed by atoms with Crippen molar-refractivity contribution in [1.82, 2.24) is 10.2 Å². The Kier molecular flexibility index (Phi) is 4.27. The van der Waals surface area contributed by atoms with E-state index >= 15 is 0 Å². The second-order valence-electron chi connectivity index (χ2n) is 6.53. The third-order valence-corrected chi connectivity index (χ3v) is 5.02. The lowest BCUT2D eigenvalue weighted by atomic mass is 9.98. The number of carboxylic acid groups (broad SMARTS) is 1. The lowest BCUT2D eigenvalue weighted by Gasteiger charge is -2.31. The number of ether oxygens (including phenoxy) is 1. The number of carbonyl (C=O) groups excluding carboxylic acids is 2. The third kappa shape index (κ3) is 2.91. The fourth-order valence-electron chi connectivity index (χ4n) is 3.79. The zero-order chi connectivity index (χ0) is 19.0. The van der Waals surface area contributed by atoms with E-state index in [1.807, 2.05) is 48.5 Å². The molecular formula is C20H18N2O5. The van der Waals surface area contributed by atoms with Gasteiger partial charge in [0.1, 0.15) is 6.61 Å². The lowest BCUT2D eigenvalue weighted by molar-refractivity contribution is -0.149. The SMILES string of the molecule is O=C(O)C1C(=O)NCCN1C(=O)OCC1c2ccccc2-c2ccccc21. The van der Waals surface area contributed by atoms with Gasteiger partial charge in [-0.15, -0.1) is 0 Å². The summed E-state index contributed by atoms with van der Waals surface area (Å²) in [6.45, 7) is 0.378. The fraction of sp³-hybridized carbons (Fsp3) is 0.250. The van der Waals surface area contributed by atoms with Crippen molar-refractivity contribution in [3.8, 4) is 11.1 Å². The van der Waals surface area contributed by atoms with Crippen LogP contribution in [0.1, 0.15) is 17.0 Å². The molecule has 0 bridgehead atoms. The molecule has 2 N–H and O–H groups in total. The second-order valence-corrected chi connectivity index (χ2v) is 6.53. The van der Waals surface area contributed by atoms with Crippen molar-refractivity contribution in [3.63, 3.8) is 0 Å². The number of hydrogen-bond donors (Lipinski definition) is 2. The van der Waals surface area contributed by atoms with Crippen LogP contribution in [0.4, 0.5) is 4.79 Å². The molecule has 27 heavy (non-hydrogen) atoms. The summed E-state index contributed by atoms with van der Waals surface area (Å²) in [5, 5.41) is 11.7. The van der Waals surface area contributed by atoms with Crippen molar-refractivity contribution in [2.45, 2.75) is 12.0 Å². The monoisotopic (exact) mass is 366 g/mol. The van der Waals surface area contributed by atoms with Gasteiger partial charge in [-0.2, -0.15) is 0 Å². The van der Waals surface area contributed by atoms with Gasteiger partial charge in [0, 0.05) is 19.0 Å². The molecule has 1 fully saturated rings. The van der Waals surface area contributed by atoms with Crippen LogP contribution in [-0.2, 0) is 14.3 Å². The number of aliphatic carboxylic acids is 1. The van der Waals surface area contributed by atoms with Gasteiger partial charge in [-0.25, -0.2) is 9.59 Å². The molecule has 1 heterocycles. The molecule has 2 aromatic carbocycles. The predicted molar refractivity (Wildman–Crippen MR) is 96.2 cm³/mol. The summed E-state index contributed by atoms with van der Waals surface area (Å²) < 4.78 is 5.45. The molecule has 2 aliphatic rings. The molecule has 2 amide bonds. The van der Waals surface area contributed by atoms with Gasteiger partial charge in [-0.3, -0.25) is 9.69 Å². The Morgan fingerprint density at radius 2 is 1.67 bits per heavy atom. The summed E-state index contributed by atoms with van der Waals surface area (Å²) in [5.74, 6) is -2.20. The van der Waals surface area contributed by atoms with Crippen molar-refractivity contribution in [2.75, 3.05) is 19.7 Å². The Morgan fingerprint density at radius 1 is 1.07 bits per heavy atom. The number of nitrogens with zero attached hydrogens (tertiary/aromatic N) is 1. The molecule has 0 radical (unpaired) electrons. The van der Waals surface area contributed by atoms with Crippen LogP contribution in [0.2, 0.25) is 0 Å². The normalized spacial score (nSPS) is 18.4. The molecule has 0 aromatic heterocycles. The van der Waals surface area contributed by atoms with Crippen LogP contribution in [0.25, 0.3) is 11.1 Å². The molecule has 138 valence electrons. The van der Waals surface area contributed by atoms with Gasteiger partial charge in [0.05, 0.1) is 0 Å². The first-order valence-corrected chi connectivity index (χ1v) is 8.70. The van der Waals surface area contributed by atoms with Crippen LogP contribution in [-0.4, -0.2) is 53.7 Å². The molecule has 2 aromatic rings. The van der Waals surface area contributed by atoms with Gasteiger partial charge in [-0.1, -0.05) is 48.5 Å². The number of amides is 2.